The quantitative estimate of drug-likeness (QED) is 0.741. The molecule has 3 heterocycles. The lowest BCUT2D eigenvalue weighted by molar-refractivity contribution is -0.0273. The van der Waals surface area contributed by atoms with E-state index in [2.05, 4.69) is 28.7 Å². The smallest absolute Gasteiger partial charge is 0.327 e. The van der Waals surface area contributed by atoms with Gasteiger partial charge in [0.1, 0.15) is 5.15 Å². The molecule has 0 atom stereocenters. The first-order valence-corrected chi connectivity index (χ1v) is 10.5. The molecule has 8 heteroatoms. The number of hydrogen-bond acceptors (Lipinski definition) is 4. The number of H-pyrrole nitrogens is 1. The van der Waals surface area contributed by atoms with E-state index < -0.39 is 0 Å². The topological polar surface area (TPSA) is 63.1 Å². The first-order chi connectivity index (χ1) is 13.0. The Balaban J connectivity index is 0.00000225. The second kappa shape index (κ2) is 8.74. The number of piperidine rings is 1. The van der Waals surface area contributed by atoms with Crippen LogP contribution in [0.1, 0.15) is 58.4 Å². The van der Waals surface area contributed by atoms with Crippen LogP contribution in [0.3, 0.4) is 0 Å². The molecule has 2 fully saturated rings. The summed E-state index contributed by atoms with van der Waals surface area (Å²) in [5, 5.41) is 0.422. The summed E-state index contributed by atoms with van der Waals surface area (Å²) in [6, 6.07) is 3.72. The number of nitrogens with zero attached hydrogens (tertiary/aromatic N) is 3. The van der Waals surface area contributed by atoms with E-state index in [-0.39, 0.29) is 29.7 Å². The van der Waals surface area contributed by atoms with Crippen molar-refractivity contribution in [2.45, 2.75) is 70.1 Å². The zero-order valence-corrected chi connectivity index (χ0v) is 18.2. The Kier molecular flexibility index (Phi) is 6.75. The van der Waals surface area contributed by atoms with Crippen LogP contribution in [0.4, 0.5) is 0 Å². The molecule has 0 radical (unpaired) electrons. The number of likely N-dealkylation sites (tertiary alicyclic amines) is 1. The van der Waals surface area contributed by atoms with Gasteiger partial charge in [0.05, 0.1) is 11.6 Å². The zero-order valence-electron chi connectivity index (χ0n) is 16.6. The fourth-order valence-corrected chi connectivity index (χ4v) is 5.06. The molecule has 6 nitrogen and oxygen atoms in total. The van der Waals surface area contributed by atoms with E-state index >= 15 is 0 Å². The van der Waals surface area contributed by atoms with Gasteiger partial charge in [0.2, 0.25) is 0 Å². The highest BCUT2D eigenvalue weighted by Crippen LogP contribution is 2.37. The molecule has 0 spiro atoms. The van der Waals surface area contributed by atoms with Crippen molar-refractivity contribution >= 4 is 35.2 Å². The van der Waals surface area contributed by atoms with Gasteiger partial charge in [-0.3, -0.25) is 9.47 Å². The van der Waals surface area contributed by atoms with Gasteiger partial charge in [-0.1, -0.05) is 11.6 Å². The number of pyridine rings is 1. The predicted octanol–water partition coefficient (Wildman–Crippen LogP) is 4.17. The summed E-state index contributed by atoms with van der Waals surface area (Å²) < 4.78 is 7.63. The maximum absolute atomic E-state index is 12.5. The Hall–Kier alpha value is -1.08. The molecular weight excluding hydrogens is 399 g/mol. The number of halogens is 2. The zero-order chi connectivity index (χ0) is 19.0. The van der Waals surface area contributed by atoms with E-state index in [9.17, 15) is 4.79 Å². The third-order valence-electron chi connectivity index (χ3n) is 6.53. The summed E-state index contributed by atoms with van der Waals surface area (Å²) in [6.07, 6.45) is 7.03. The normalized spacial score (nSPS) is 27.0. The Morgan fingerprint density at radius 1 is 1.25 bits per heavy atom. The van der Waals surface area contributed by atoms with E-state index in [1.165, 1.54) is 12.8 Å². The Morgan fingerprint density at radius 2 is 1.93 bits per heavy atom. The summed E-state index contributed by atoms with van der Waals surface area (Å²) in [5.41, 5.74) is 1.61. The van der Waals surface area contributed by atoms with Gasteiger partial charge in [-0.25, -0.2) is 9.78 Å². The molecule has 1 saturated carbocycles. The van der Waals surface area contributed by atoms with Crippen LogP contribution in [-0.2, 0) is 4.74 Å². The van der Waals surface area contributed by atoms with E-state index in [1.807, 2.05) is 10.6 Å². The molecule has 28 heavy (non-hydrogen) atoms. The molecule has 2 aromatic rings. The second-order valence-electron chi connectivity index (χ2n) is 8.18. The van der Waals surface area contributed by atoms with Crippen LogP contribution in [0.5, 0.6) is 0 Å². The molecule has 0 bridgehead atoms. The van der Waals surface area contributed by atoms with Crippen molar-refractivity contribution in [3.63, 3.8) is 0 Å². The largest absolute Gasteiger partial charge is 0.379 e. The van der Waals surface area contributed by atoms with Crippen LogP contribution in [0.2, 0.25) is 5.15 Å². The van der Waals surface area contributed by atoms with Gasteiger partial charge in [-0.2, -0.15) is 0 Å². The molecule has 4 rings (SSSR count). The van der Waals surface area contributed by atoms with Crippen molar-refractivity contribution in [1.82, 2.24) is 19.4 Å². The van der Waals surface area contributed by atoms with Crippen LogP contribution in [-0.4, -0.2) is 50.8 Å². The Labute approximate surface area is 177 Å². The summed E-state index contributed by atoms with van der Waals surface area (Å²) >= 11 is 6.06. The highest BCUT2D eigenvalue weighted by Gasteiger charge is 2.38. The van der Waals surface area contributed by atoms with Crippen LogP contribution in [0, 0.1) is 0 Å². The van der Waals surface area contributed by atoms with Crippen molar-refractivity contribution in [3.8, 4) is 0 Å². The van der Waals surface area contributed by atoms with E-state index in [0.29, 0.717) is 16.9 Å². The van der Waals surface area contributed by atoms with Crippen LogP contribution < -0.4 is 5.69 Å². The molecule has 0 unspecified atom stereocenters. The lowest BCUT2D eigenvalue weighted by Gasteiger charge is -2.48. The minimum Gasteiger partial charge on any atom is -0.379 e. The standard InChI is InChI=1S/C20H29ClN4O2.ClH/c1-3-27-15-6-10-20(2,11-7-15)24-12-8-14(9-13-24)25-18-16(22-19(25)26)4-5-17(21)23-18;/h4-5,14-15H,3,6-13H2,1-2H3,(H,22,26);1H. The number of nitrogens with one attached hydrogen (secondary N) is 1. The lowest BCUT2D eigenvalue weighted by Crippen LogP contribution is -2.53. The van der Waals surface area contributed by atoms with Crippen molar-refractivity contribution in [3.05, 3.63) is 27.8 Å². The fourth-order valence-electron chi connectivity index (χ4n) is 4.91. The molecule has 1 N–H and O–H groups in total. The van der Waals surface area contributed by atoms with Gasteiger partial charge in [-0.05, 0) is 64.5 Å². The maximum Gasteiger partial charge on any atom is 0.327 e. The second-order valence-corrected chi connectivity index (χ2v) is 8.56. The first kappa shape index (κ1) is 21.6. The van der Waals surface area contributed by atoms with E-state index in [4.69, 9.17) is 16.3 Å². The predicted molar refractivity (Wildman–Crippen MR) is 115 cm³/mol. The monoisotopic (exact) mass is 428 g/mol. The molecule has 2 aromatic heterocycles. The summed E-state index contributed by atoms with van der Waals surface area (Å²) in [7, 11) is 0. The highest BCUT2D eigenvalue weighted by atomic mass is 35.5. The number of ether oxygens (including phenoxy) is 1. The van der Waals surface area contributed by atoms with Crippen LogP contribution in [0.15, 0.2) is 16.9 Å². The number of aromatic amines is 1. The van der Waals surface area contributed by atoms with Crippen molar-refractivity contribution in [1.29, 1.82) is 0 Å². The molecule has 1 aliphatic heterocycles. The summed E-state index contributed by atoms with van der Waals surface area (Å²) in [6.45, 7) is 7.31. The molecule has 156 valence electrons. The summed E-state index contributed by atoms with van der Waals surface area (Å²) in [4.78, 5) is 22.4. The Bertz CT molecular complexity index is 849. The third kappa shape index (κ3) is 4.11. The number of imidazole rings is 1. The van der Waals surface area contributed by atoms with Gasteiger partial charge in [-0.15, -0.1) is 12.4 Å². The van der Waals surface area contributed by atoms with Crippen molar-refractivity contribution in [2.75, 3.05) is 19.7 Å². The molecular formula is C20H30Cl2N4O2. The minimum absolute atomic E-state index is 0. The lowest BCUT2D eigenvalue weighted by atomic mass is 9.79. The third-order valence-corrected chi connectivity index (χ3v) is 6.75. The number of hydrogen-bond donors (Lipinski definition) is 1. The average Bonchev–Trinajstić information content (AvgIpc) is 2.99. The SMILES string of the molecule is CCOC1CCC(C)(N2CCC(n3c(=O)[nH]c4ccc(Cl)nc43)CC2)CC1.Cl. The van der Waals surface area contributed by atoms with E-state index in [1.54, 1.807) is 6.07 Å². The Morgan fingerprint density at radius 3 is 2.57 bits per heavy atom. The molecule has 0 amide bonds. The van der Waals surface area contributed by atoms with Gasteiger partial charge in [0, 0.05) is 31.3 Å². The fraction of sp³-hybridized carbons (Fsp3) is 0.700. The number of fused-ring (bicyclic) bond motifs is 1. The van der Waals surface area contributed by atoms with Gasteiger partial charge >= 0.3 is 5.69 Å². The highest BCUT2D eigenvalue weighted by molar-refractivity contribution is 6.29. The molecule has 2 aliphatic rings. The van der Waals surface area contributed by atoms with Crippen LogP contribution in [0.25, 0.3) is 11.2 Å². The summed E-state index contributed by atoms with van der Waals surface area (Å²) in [5.74, 6) is 0. The maximum atomic E-state index is 12.5. The van der Waals surface area contributed by atoms with Crippen LogP contribution >= 0.6 is 24.0 Å². The van der Waals surface area contributed by atoms with E-state index in [0.717, 1.165) is 50.9 Å². The number of aromatic nitrogens is 3. The minimum atomic E-state index is -0.0818. The molecule has 1 aliphatic carbocycles. The first-order valence-electron chi connectivity index (χ1n) is 10.1. The van der Waals surface area contributed by atoms with Gasteiger partial charge in [0.25, 0.3) is 0 Å². The average molecular weight is 429 g/mol. The molecule has 0 aromatic carbocycles. The molecule has 1 saturated heterocycles. The van der Waals surface area contributed by atoms with Gasteiger partial charge in [0.15, 0.2) is 5.65 Å². The van der Waals surface area contributed by atoms with Crippen molar-refractivity contribution in [2.24, 2.45) is 0 Å². The van der Waals surface area contributed by atoms with Gasteiger partial charge < -0.3 is 9.72 Å². The van der Waals surface area contributed by atoms with Crippen molar-refractivity contribution < 1.29 is 4.74 Å². The number of rotatable bonds is 4.